The van der Waals surface area contributed by atoms with Crippen LogP contribution in [0.3, 0.4) is 0 Å². The van der Waals surface area contributed by atoms with E-state index in [1.165, 1.54) is 6.42 Å². The molecule has 1 unspecified atom stereocenters. The molecule has 1 saturated carbocycles. The third kappa shape index (κ3) is 6.04. The number of fused-ring (bicyclic) bond motifs is 1. The first kappa shape index (κ1) is 32.1. The second-order valence-electron chi connectivity index (χ2n) is 14.6. The van der Waals surface area contributed by atoms with Gasteiger partial charge < -0.3 is 14.6 Å². The number of aromatic nitrogens is 1. The molecule has 1 spiro atoms. The fourth-order valence-electron chi connectivity index (χ4n) is 6.68. The molecule has 8 heteroatoms. The molecule has 2 heterocycles. The number of aliphatic hydroxyl groups excluding tert-OH is 1. The number of pyridine rings is 1. The van der Waals surface area contributed by atoms with Crippen molar-refractivity contribution in [3.63, 3.8) is 0 Å². The maximum absolute atomic E-state index is 15.4. The highest BCUT2D eigenvalue weighted by Gasteiger charge is 2.49. The summed E-state index contributed by atoms with van der Waals surface area (Å²) in [5.41, 5.74) is 2.87. The first-order valence-corrected chi connectivity index (χ1v) is 15.5. The highest BCUT2D eigenvalue weighted by atomic mass is 19.4. The topological polar surface area (TPSA) is 51.6 Å². The van der Waals surface area contributed by atoms with E-state index in [2.05, 4.69) is 34.6 Å². The Balaban J connectivity index is 1.78. The largest absolute Gasteiger partial charge is 0.416 e. The molecule has 2 aromatic rings. The van der Waals surface area contributed by atoms with E-state index in [-0.39, 0.29) is 28.4 Å². The number of halogens is 4. The summed E-state index contributed by atoms with van der Waals surface area (Å²) in [4.78, 5) is 5.22. The van der Waals surface area contributed by atoms with Gasteiger partial charge in [-0.05, 0) is 86.0 Å². The van der Waals surface area contributed by atoms with Gasteiger partial charge in [-0.25, -0.2) is 4.39 Å². The highest BCUT2D eigenvalue weighted by Crippen LogP contribution is 2.57. The van der Waals surface area contributed by atoms with E-state index < -0.39 is 29.3 Å². The Hall–Kier alpha value is -2.29. The lowest BCUT2D eigenvalue weighted by molar-refractivity contribution is -0.153. The van der Waals surface area contributed by atoms with Crippen molar-refractivity contribution >= 4 is 5.57 Å². The lowest BCUT2D eigenvalue weighted by Crippen LogP contribution is -2.45. The number of aliphatic hydroxyl groups is 1. The van der Waals surface area contributed by atoms with E-state index in [4.69, 9.17) is 14.5 Å². The predicted octanol–water partition coefficient (Wildman–Crippen LogP) is 9.25. The van der Waals surface area contributed by atoms with Crippen LogP contribution in [0.4, 0.5) is 17.6 Å². The molecule has 236 valence electrons. The number of hydrogen-bond acceptors (Lipinski definition) is 4. The zero-order valence-corrected chi connectivity index (χ0v) is 26.4. The molecule has 4 nitrogen and oxygen atoms in total. The van der Waals surface area contributed by atoms with Crippen molar-refractivity contribution in [3.8, 4) is 0 Å². The molecule has 0 saturated heterocycles. The number of rotatable bonds is 6. The van der Waals surface area contributed by atoms with Gasteiger partial charge in [0.25, 0.3) is 0 Å². The van der Waals surface area contributed by atoms with Crippen LogP contribution in [0.5, 0.6) is 0 Å². The number of nitrogens with zero attached hydrogens (tertiary/aromatic N) is 1. The molecule has 43 heavy (non-hydrogen) atoms. The molecule has 0 radical (unpaired) electrons. The fourth-order valence-corrected chi connectivity index (χ4v) is 6.68. The average Bonchev–Trinajstić information content (AvgIpc) is 2.89. The van der Waals surface area contributed by atoms with Crippen molar-refractivity contribution in [2.24, 2.45) is 10.8 Å². The quantitative estimate of drug-likeness (QED) is 0.335. The molecule has 1 aromatic carbocycles. The first-order valence-electron chi connectivity index (χ1n) is 15.5. The lowest BCUT2D eigenvalue weighted by Gasteiger charge is -2.51. The predicted molar refractivity (Wildman–Crippen MR) is 159 cm³/mol. The van der Waals surface area contributed by atoms with Gasteiger partial charge in [-0.2, -0.15) is 13.2 Å². The maximum Gasteiger partial charge on any atom is 0.416 e. The van der Waals surface area contributed by atoms with Crippen LogP contribution in [0, 0.1) is 16.6 Å². The summed E-state index contributed by atoms with van der Waals surface area (Å²) in [7, 11) is 0. The minimum Gasteiger partial charge on any atom is -0.383 e. The third-order valence-corrected chi connectivity index (χ3v) is 10.2. The summed E-state index contributed by atoms with van der Waals surface area (Å²) in [5, 5.41) is 12.0. The maximum atomic E-state index is 15.4. The Morgan fingerprint density at radius 1 is 1.09 bits per heavy atom. The summed E-state index contributed by atoms with van der Waals surface area (Å²) >= 11 is 0. The molecule has 2 aliphatic carbocycles. The van der Waals surface area contributed by atoms with Crippen LogP contribution in [0.2, 0.25) is 0 Å². The number of hydrogen-bond donors (Lipinski definition) is 1. The summed E-state index contributed by atoms with van der Waals surface area (Å²) in [5.74, 6) is -1.23. The van der Waals surface area contributed by atoms with E-state index in [9.17, 15) is 18.3 Å². The third-order valence-electron chi connectivity index (χ3n) is 10.2. The molecule has 0 amide bonds. The average molecular weight is 604 g/mol. The second kappa shape index (κ2) is 11.3. The minimum atomic E-state index is -4.69. The normalized spacial score (nSPS) is 21.4. The molecule has 0 bridgehead atoms. The van der Waals surface area contributed by atoms with Crippen molar-refractivity contribution in [3.05, 3.63) is 69.3 Å². The van der Waals surface area contributed by atoms with Gasteiger partial charge in [-0.1, -0.05) is 53.2 Å². The fraction of sp³-hybridized carbons (Fsp3) is 0.629. The van der Waals surface area contributed by atoms with Gasteiger partial charge in [-0.3, -0.25) is 4.98 Å². The number of ether oxygens (including phenoxy) is 2. The van der Waals surface area contributed by atoms with Crippen molar-refractivity contribution < 1.29 is 32.1 Å². The number of alkyl halides is 3. The van der Waals surface area contributed by atoms with Gasteiger partial charge in [0, 0.05) is 28.1 Å². The zero-order valence-electron chi connectivity index (χ0n) is 26.4. The van der Waals surface area contributed by atoms with Crippen LogP contribution in [0.1, 0.15) is 138 Å². The summed E-state index contributed by atoms with van der Waals surface area (Å²) < 4.78 is 68.3. The van der Waals surface area contributed by atoms with Gasteiger partial charge in [0.15, 0.2) is 0 Å². The van der Waals surface area contributed by atoms with Crippen LogP contribution in [0.25, 0.3) is 5.57 Å². The zero-order chi connectivity index (χ0) is 31.5. The van der Waals surface area contributed by atoms with Crippen molar-refractivity contribution in [1.82, 2.24) is 4.98 Å². The molecule has 2 atom stereocenters. The SMILES string of the molecule is CC(C)c1nc2c(c(C3=CCOCC3)c1[C@@H](O)c1ccc(C(F)(F)F)cc1F)C(OC(C)(C)C(C)(C)C)CC1(CCC1)C2. The van der Waals surface area contributed by atoms with E-state index in [0.717, 1.165) is 60.2 Å². The molecule has 5 rings (SSSR count). The van der Waals surface area contributed by atoms with E-state index in [1.807, 2.05) is 19.9 Å². The van der Waals surface area contributed by atoms with E-state index >= 15 is 4.39 Å². The van der Waals surface area contributed by atoms with Crippen molar-refractivity contribution in [2.45, 2.75) is 117 Å². The van der Waals surface area contributed by atoms with Crippen molar-refractivity contribution in [1.29, 1.82) is 0 Å². The molecule has 1 aromatic heterocycles. The standard InChI is InChI=1S/C35H45F4NO3/c1-20(2)30-29(31(41)23-10-9-22(17-24(23)36)35(37,38)39)27(21-11-15-42-16-12-21)28-25(40-30)18-34(13-8-14-34)19-26(28)43-33(6,7)32(3,4)5/h9-11,17,20,26,31,41H,8,12-16,18-19H2,1-7H3/t26?,31-/m0/s1. The molecular weight excluding hydrogens is 558 g/mol. The van der Waals surface area contributed by atoms with Crippen LogP contribution >= 0.6 is 0 Å². The molecule has 1 aliphatic heterocycles. The monoisotopic (exact) mass is 603 g/mol. The van der Waals surface area contributed by atoms with Crippen LogP contribution in [0.15, 0.2) is 24.3 Å². The lowest BCUT2D eigenvalue weighted by atomic mass is 9.59. The first-order chi connectivity index (χ1) is 19.9. The summed E-state index contributed by atoms with van der Waals surface area (Å²) in [6.45, 7) is 15.5. The minimum absolute atomic E-state index is 0.105. The van der Waals surface area contributed by atoms with Crippen molar-refractivity contribution in [2.75, 3.05) is 13.2 Å². The Bertz CT molecular complexity index is 1400. The Morgan fingerprint density at radius 2 is 1.79 bits per heavy atom. The smallest absolute Gasteiger partial charge is 0.383 e. The Kier molecular flexibility index (Phi) is 8.41. The van der Waals surface area contributed by atoms with Gasteiger partial charge in [0.2, 0.25) is 0 Å². The van der Waals surface area contributed by atoms with Gasteiger partial charge in [0.1, 0.15) is 11.9 Å². The number of benzene rings is 1. The molecule has 3 aliphatic rings. The van der Waals surface area contributed by atoms with Gasteiger partial charge in [0.05, 0.1) is 30.5 Å². The van der Waals surface area contributed by atoms with Gasteiger partial charge >= 0.3 is 6.18 Å². The molecular formula is C35H45F4NO3. The Morgan fingerprint density at radius 3 is 2.30 bits per heavy atom. The van der Waals surface area contributed by atoms with E-state index in [0.29, 0.717) is 37.0 Å². The van der Waals surface area contributed by atoms with Crippen LogP contribution < -0.4 is 0 Å². The van der Waals surface area contributed by atoms with Crippen LogP contribution in [-0.4, -0.2) is 28.9 Å². The highest BCUT2D eigenvalue weighted by molar-refractivity contribution is 5.75. The molecule has 1 N–H and O–H groups in total. The summed E-state index contributed by atoms with van der Waals surface area (Å²) in [6, 6.07) is 2.34. The molecule has 1 fully saturated rings. The Labute approximate surface area is 252 Å². The van der Waals surface area contributed by atoms with Crippen LogP contribution in [-0.2, 0) is 22.1 Å². The van der Waals surface area contributed by atoms with Gasteiger partial charge in [-0.15, -0.1) is 0 Å². The second-order valence-corrected chi connectivity index (χ2v) is 14.6. The summed E-state index contributed by atoms with van der Waals surface area (Å²) in [6.07, 6.45) is 1.07. The van der Waals surface area contributed by atoms with E-state index in [1.54, 1.807) is 0 Å².